The lowest BCUT2D eigenvalue weighted by Gasteiger charge is -2.32. The van der Waals surface area contributed by atoms with Gasteiger partial charge in [0.1, 0.15) is 6.17 Å². The number of halogens is 1. The molecule has 0 radical (unpaired) electrons. The molecule has 0 saturated heterocycles. The summed E-state index contributed by atoms with van der Waals surface area (Å²) < 4.78 is 1.05. The summed E-state index contributed by atoms with van der Waals surface area (Å²) in [6, 6.07) is 15.1. The minimum Gasteiger partial charge on any atom is -0.347 e. The number of fused-ring (bicyclic) bond motifs is 2. The Kier molecular flexibility index (Phi) is 7.26. The molecule has 4 nitrogen and oxygen atoms in total. The molecule has 0 aromatic heterocycles. The predicted octanol–water partition coefficient (Wildman–Crippen LogP) is 6.67. The molecule has 188 valence electrons. The Balaban J connectivity index is 1.62. The van der Waals surface area contributed by atoms with Gasteiger partial charge in [0.15, 0.2) is 0 Å². The van der Waals surface area contributed by atoms with Gasteiger partial charge in [-0.05, 0) is 55.8 Å². The van der Waals surface area contributed by atoms with Gasteiger partial charge in [0.25, 0.3) is 0 Å². The van der Waals surface area contributed by atoms with Crippen LogP contribution >= 0.6 is 11.6 Å². The van der Waals surface area contributed by atoms with Gasteiger partial charge < -0.3 is 19.2 Å². The first kappa shape index (κ1) is 25.7. The Labute approximate surface area is 217 Å². The molecular weight excluding hydrogens is 452 g/mol. The lowest BCUT2D eigenvalue weighted by atomic mass is 9.84. The fourth-order valence-corrected chi connectivity index (χ4v) is 5.78. The maximum absolute atomic E-state index is 6.43. The summed E-state index contributed by atoms with van der Waals surface area (Å²) in [6.07, 6.45) is 8.26. The van der Waals surface area contributed by atoms with Crippen LogP contribution in [0, 0.1) is 0 Å². The van der Waals surface area contributed by atoms with Crippen LogP contribution < -0.4 is 14.7 Å². The number of hydrogen-bond acceptors (Lipinski definition) is 3. The number of nitrogens with zero attached hydrogens (tertiary/aromatic N) is 4. The molecule has 0 amide bonds. The molecule has 2 aromatic carbocycles. The maximum Gasteiger partial charge on any atom is 0.121 e. The minimum absolute atomic E-state index is 0.0182. The number of para-hydroxylation sites is 1. The third-order valence-electron chi connectivity index (χ3n) is 8.03. The fraction of sp³-hybridized carbons (Fsp3) is 0.467. The first-order valence-electron chi connectivity index (χ1n) is 13.0. The Morgan fingerprint density at radius 1 is 1.00 bits per heavy atom. The van der Waals surface area contributed by atoms with Crippen LogP contribution in [0.2, 0.25) is 5.02 Å². The van der Waals surface area contributed by atoms with Crippen LogP contribution in [-0.2, 0) is 5.41 Å². The number of quaternary nitrogens is 1. The number of benzene rings is 2. The standard InChI is InChI=1S/C30H42ClN4/c1-8-33-27-22-23(31)18-19-26(27)34(20-13-21-35(6,7)9-2)29(33)17-12-16-28-30(3,4)24-14-10-11-15-25(24)32(28)5/h10-12,14-19,22,29H,8-9,13,20-21H2,1-7H3/q+1. The van der Waals surface area contributed by atoms with Crippen molar-refractivity contribution in [3.05, 3.63) is 77.0 Å². The van der Waals surface area contributed by atoms with Crippen molar-refractivity contribution in [3.8, 4) is 0 Å². The highest BCUT2D eigenvalue weighted by molar-refractivity contribution is 6.31. The van der Waals surface area contributed by atoms with E-state index in [2.05, 4.69) is 118 Å². The van der Waals surface area contributed by atoms with Crippen molar-refractivity contribution in [2.24, 2.45) is 0 Å². The van der Waals surface area contributed by atoms with Crippen molar-refractivity contribution in [2.45, 2.75) is 45.7 Å². The predicted molar refractivity (Wildman–Crippen MR) is 153 cm³/mol. The first-order valence-corrected chi connectivity index (χ1v) is 13.4. The average molecular weight is 494 g/mol. The van der Waals surface area contributed by atoms with Crippen LogP contribution in [-0.4, -0.2) is 58.0 Å². The molecule has 0 saturated carbocycles. The summed E-state index contributed by atoms with van der Waals surface area (Å²) in [5.74, 6) is 0. The van der Waals surface area contributed by atoms with Crippen molar-refractivity contribution in [3.63, 3.8) is 0 Å². The molecule has 2 aliphatic rings. The van der Waals surface area contributed by atoms with E-state index in [0.29, 0.717) is 0 Å². The highest BCUT2D eigenvalue weighted by Crippen LogP contribution is 2.47. The van der Waals surface area contributed by atoms with E-state index in [1.165, 1.54) is 34.9 Å². The molecule has 1 atom stereocenters. The number of rotatable bonds is 8. The molecule has 0 aliphatic carbocycles. The third-order valence-corrected chi connectivity index (χ3v) is 8.27. The Hall–Kier alpha value is -2.43. The first-order chi connectivity index (χ1) is 16.6. The molecule has 0 bridgehead atoms. The highest BCUT2D eigenvalue weighted by Gasteiger charge is 2.38. The van der Waals surface area contributed by atoms with Gasteiger partial charge in [0.05, 0.1) is 38.6 Å². The van der Waals surface area contributed by atoms with Crippen LogP contribution in [0.25, 0.3) is 0 Å². The maximum atomic E-state index is 6.43. The van der Waals surface area contributed by atoms with Crippen LogP contribution in [0.15, 0.2) is 66.4 Å². The smallest absolute Gasteiger partial charge is 0.121 e. The van der Waals surface area contributed by atoms with Gasteiger partial charge in [-0.25, -0.2) is 0 Å². The number of hydrogen-bond donors (Lipinski definition) is 0. The van der Waals surface area contributed by atoms with Crippen molar-refractivity contribution in [2.75, 3.05) is 62.0 Å². The average Bonchev–Trinajstić information content (AvgIpc) is 3.22. The third kappa shape index (κ3) is 4.83. The van der Waals surface area contributed by atoms with Gasteiger partial charge in [0.2, 0.25) is 0 Å². The minimum atomic E-state index is -0.0182. The van der Waals surface area contributed by atoms with Crippen LogP contribution in [0.4, 0.5) is 17.1 Å². The summed E-state index contributed by atoms with van der Waals surface area (Å²) in [4.78, 5) is 7.36. The van der Waals surface area contributed by atoms with Gasteiger partial charge in [0, 0.05) is 48.4 Å². The number of likely N-dealkylation sites (N-methyl/N-ethyl adjacent to an activating group) is 2. The molecule has 0 spiro atoms. The van der Waals surface area contributed by atoms with E-state index in [9.17, 15) is 0 Å². The molecule has 2 aliphatic heterocycles. The zero-order valence-corrected chi connectivity index (χ0v) is 23.3. The second-order valence-corrected chi connectivity index (χ2v) is 11.4. The summed E-state index contributed by atoms with van der Waals surface area (Å²) in [5, 5.41) is 0.796. The van der Waals surface area contributed by atoms with Crippen molar-refractivity contribution >= 4 is 28.7 Å². The molecule has 2 aromatic rings. The molecule has 4 rings (SSSR count). The second-order valence-electron chi connectivity index (χ2n) is 11.0. The number of anilines is 3. The fourth-order valence-electron chi connectivity index (χ4n) is 5.62. The van der Waals surface area contributed by atoms with Gasteiger partial charge in [-0.3, -0.25) is 0 Å². The molecule has 0 fully saturated rings. The Bertz CT molecular complexity index is 1120. The largest absolute Gasteiger partial charge is 0.347 e. The van der Waals surface area contributed by atoms with E-state index in [0.717, 1.165) is 35.6 Å². The molecule has 5 heteroatoms. The van der Waals surface area contributed by atoms with E-state index < -0.39 is 0 Å². The molecule has 1 unspecified atom stereocenters. The monoisotopic (exact) mass is 493 g/mol. The zero-order chi connectivity index (χ0) is 25.4. The van der Waals surface area contributed by atoms with E-state index in [4.69, 9.17) is 11.6 Å². The summed E-state index contributed by atoms with van der Waals surface area (Å²) in [6.45, 7) is 13.4. The van der Waals surface area contributed by atoms with Crippen LogP contribution in [0.1, 0.15) is 39.7 Å². The summed E-state index contributed by atoms with van der Waals surface area (Å²) in [7, 11) is 6.81. The van der Waals surface area contributed by atoms with Crippen LogP contribution in [0.3, 0.4) is 0 Å². The van der Waals surface area contributed by atoms with Gasteiger partial charge in [-0.15, -0.1) is 0 Å². The highest BCUT2D eigenvalue weighted by atomic mass is 35.5. The SMILES string of the molecule is CCN1c2cc(Cl)ccc2N(CCC[N+](C)(C)CC)C1C=CC=C1N(C)c2ccccc2C1(C)C. The molecule has 2 heterocycles. The van der Waals surface area contributed by atoms with Gasteiger partial charge in [-0.2, -0.15) is 0 Å². The van der Waals surface area contributed by atoms with Crippen molar-refractivity contribution in [1.29, 1.82) is 0 Å². The second kappa shape index (κ2) is 9.91. The lowest BCUT2D eigenvalue weighted by Crippen LogP contribution is -2.45. The van der Waals surface area contributed by atoms with Gasteiger partial charge in [-0.1, -0.05) is 49.7 Å². The van der Waals surface area contributed by atoms with E-state index in [1.807, 2.05) is 6.07 Å². The van der Waals surface area contributed by atoms with E-state index >= 15 is 0 Å². The molecular formula is C30H42ClN4+. The molecule has 35 heavy (non-hydrogen) atoms. The lowest BCUT2D eigenvalue weighted by molar-refractivity contribution is -0.888. The van der Waals surface area contributed by atoms with E-state index in [-0.39, 0.29) is 11.6 Å². The quantitative estimate of drug-likeness (QED) is 0.380. The Morgan fingerprint density at radius 3 is 2.43 bits per heavy atom. The van der Waals surface area contributed by atoms with Crippen molar-refractivity contribution < 1.29 is 4.48 Å². The van der Waals surface area contributed by atoms with E-state index in [1.54, 1.807) is 0 Å². The summed E-state index contributed by atoms with van der Waals surface area (Å²) in [5.41, 5.74) is 6.51. The molecule has 0 N–H and O–H groups in total. The topological polar surface area (TPSA) is 9.72 Å². The van der Waals surface area contributed by atoms with Crippen LogP contribution in [0.5, 0.6) is 0 Å². The number of allylic oxidation sites excluding steroid dienone is 3. The zero-order valence-electron chi connectivity index (χ0n) is 22.6. The normalized spacial score (nSPS) is 20.3. The van der Waals surface area contributed by atoms with Gasteiger partial charge >= 0.3 is 0 Å². The summed E-state index contributed by atoms with van der Waals surface area (Å²) >= 11 is 6.43. The van der Waals surface area contributed by atoms with Crippen molar-refractivity contribution in [1.82, 2.24) is 0 Å². The Morgan fingerprint density at radius 2 is 1.74 bits per heavy atom.